The van der Waals surface area contributed by atoms with E-state index >= 15 is 0 Å². The molecule has 1 heterocycles. The van der Waals surface area contributed by atoms with Crippen molar-refractivity contribution in [3.63, 3.8) is 0 Å². The number of hydrogen-bond acceptors (Lipinski definition) is 5. The van der Waals surface area contributed by atoms with E-state index in [-0.39, 0.29) is 11.7 Å². The number of ketones is 1. The number of nitrogens with zero attached hydrogens (tertiary/aromatic N) is 2. The molecule has 0 fully saturated rings. The predicted molar refractivity (Wildman–Crippen MR) is 125 cm³/mol. The molecule has 3 aromatic carbocycles. The Morgan fingerprint density at radius 1 is 0.871 bits per heavy atom. The Bertz CT molecular complexity index is 1260. The van der Waals surface area contributed by atoms with Gasteiger partial charge < -0.3 is 5.32 Å². The number of carbonyl (C=O) groups is 2. The topological polar surface area (TPSA) is 72.0 Å². The van der Waals surface area contributed by atoms with E-state index in [1.165, 1.54) is 18.7 Å². The van der Waals surface area contributed by atoms with Crippen LogP contribution in [-0.2, 0) is 4.79 Å². The zero-order valence-electron chi connectivity index (χ0n) is 17.2. The number of fused-ring (bicyclic) bond motifs is 1. The molecule has 0 saturated heterocycles. The number of anilines is 1. The highest BCUT2D eigenvalue weighted by molar-refractivity contribution is 8.00. The minimum absolute atomic E-state index is 0.0428. The van der Waals surface area contributed by atoms with Crippen molar-refractivity contribution in [1.29, 1.82) is 0 Å². The molecule has 1 atom stereocenters. The Morgan fingerprint density at radius 2 is 1.58 bits per heavy atom. The van der Waals surface area contributed by atoms with Crippen molar-refractivity contribution in [1.82, 2.24) is 10.2 Å². The molecule has 31 heavy (non-hydrogen) atoms. The van der Waals surface area contributed by atoms with Gasteiger partial charge in [-0.2, -0.15) is 0 Å². The second-order valence-corrected chi connectivity index (χ2v) is 8.48. The van der Waals surface area contributed by atoms with Crippen LogP contribution in [0.3, 0.4) is 0 Å². The molecule has 1 amide bonds. The average molecular weight is 428 g/mol. The molecule has 4 aromatic rings. The smallest absolute Gasteiger partial charge is 0.237 e. The molecule has 1 N–H and O–H groups in total. The standard InChI is InChI=1S/C25H21N3O2S/c1-16(29)19-11-8-12-20(15-19)26-24(30)17(2)31-25-22-14-7-6-13-21(22)23(27-28-25)18-9-4-3-5-10-18/h3-15,17H,1-2H3,(H,26,30)/t17-/m0/s1. The molecular weight excluding hydrogens is 406 g/mol. The average Bonchev–Trinajstić information content (AvgIpc) is 2.80. The first-order valence-electron chi connectivity index (χ1n) is 9.92. The van der Waals surface area contributed by atoms with Gasteiger partial charge in [-0.25, -0.2) is 0 Å². The number of carbonyl (C=O) groups excluding carboxylic acids is 2. The quantitative estimate of drug-likeness (QED) is 0.319. The van der Waals surface area contributed by atoms with E-state index in [1.54, 1.807) is 24.3 Å². The van der Waals surface area contributed by atoms with Gasteiger partial charge in [-0.3, -0.25) is 9.59 Å². The molecule has 0 aliphatic rings. The van der Waals surface area contributed by atoms with Crippen LogP contribution in [0.1, 0.15) is 24.2 Å². The van der Waals surface area contributed by atoms with Crippen molar-refractivity contribution < 1.29 is 9.59 Å². The number of rotatable bonds is 6. The lowest BCUT2D eigenvalue weighted by molar-refractivity contribution is -0.115. The zero-order valence-corrected chi connectivity index (χ0v) is 18.0. The fourth-order valence-electron chi connectivity index (χ4n) is 3.26. The zero-order chi connectivity index (χ0) is 21.8. The second-order valence-electron chi connectivity index (χ2n) is 7.15. The van der Waals surface area contributed by atoms with Crippen molar-refractivity contribution >= 4 is 39.9 Å². The van der Waals surface area contributed by atoms with Crippen LogP contribution in [0.25, 0.3) is 22.0 Å². The molecule has 0 aliphatic carbocycles. The molecule has 0 unspecified atom stereocenters. The fraction of sp³-hybridized carbons (Fsp3) is 0.120. The maximum Gasteiger partial charge on any atom is 0.237 e. The fourth-order valence-corrected chi connectivity index (χ4v) is 4.15. The number of hydrogen-bond donors (Lipinski definition) is 1. The van der Waals surface area contributed by atoms with E-state index < -0.39 is 5.25 Å². The number of nitrogens with one attached hydrogen (secondary N) is 1. The number of Topliss-reactive ketones (excluding diaryl/α,β-unsaturated/α-hetero) is 1. The maximum atomic E-state index is 12.8. The van der Waals surface area contributed by atoms with Gasteiger partial charge in [-0.15, -0.1) is 10.2 Å². The molecular formula is C25H21N3O2S. The summed E-state index contributed by atoms with van der Waals surface area (Å²) >= 11 is 1.36. The van der Waals surface area contributed by atoms with Crippen LogP contribution in [0.5, 0.6) is 0 Å². The Kier molecular flexibility index (Phi) is 6.09. The van der Waals surface area contributed by atoms with Crippen LogP contribution in [0.15, 0.2) is 83.9 Å². The highest BCUT2D eigenvalue weighted by Gasteiger charge is 2.19. The summed E-state index contributed by atoms with van der Waals surface area (Å²) in [4.78, 5) is 24.3. The number of aromatic nitrogens is 2. The van der Waals surface area contributed by atoms with E-state index in [9.17, 15) is 9.59 Å². The first-order valence-corrected chi connectivity index (χ1v) is 10.8. The molecule has 0 radical (unpaired) electrons. The summed E-state index contributed by atoms with van der Waals surface area (Å²) in [5, 5.41) is 14.0. The molecule has 1 aromatic heterocycles. The first-order chi connectivity index (χ1) is 15.0. The second kappa shape index (κ2) is 9.10. The normalized spacial score (nSPS) is 11.8. The van der Waals surface area contributed by atoms with Crippen LogP contribution >= 0.6 is 11.8 Å². The number of thioether (sulfide) groups is 1. The van der Waals surface area contributed by atoms with E-state index in [2.05, 4.69) is 15.5 Å². The van der Waals surface area contributed by atoms with Gasteiger partial charge in [0.1, 0.15) is 10.7 Å². The SMILES string of the molecule is CC(=O)c1cccc(NC(=O)[C@H](C)Sc2nnc(-c3ccccc3)c3ccccc23)c1. The predicted octanol–water partition coefficient (Wildman–Crippen LogP) is 5.62. The highest BCUT2D eigenvalue weighted by Crippen LogP contribution is 2.33. The monoisotopic (exact) mass is 427 g/mol. The largest absolute Gasteiger partial charge is 0.325 e. The minimum Gasteiger partial charge on any atom is -0.325 e. The van der Waals surface area contributed by atoms with Crippen molar-refractivity contribution in [2.75, 3.05) is 5.32 Å². The van der Waals surface area contributed by atoms with Crippen molar-refractivity contribution in [3.05, 3.63) is 84.4 Å². The van der Waals surface area contributed by atoms with Crippen LogP contribution < -0.4 is 5.32 Å². The summed E-state index contributed by atoms with van der Waals surface area (Å²) in [7, 11) is 0. The minimum atomic E-state index is -0.402. The summed E-state index contributed by atoms with van der Waals surface area (Å²) in [6.45, 7) is 3.33. The lowest BCUT2D eigenvalue weighted by Crippen LogP contribution is -2.22. The summed E-state index contributed by atoms with van der Waals surface area (Å²) < 4.78 is 0. The Morgan fingerprint density at radius 3 is 2.32 bits per heavy atom. The summed E-state index contributed by atoms with van der Waals surface area (Å²) in [5.41, 5.74) is 2.98. The number of benzene rings is 3. The van der Waals surface area contributed by atoms with Gasteiger partial charge in [-0.05, 0) is 26.0 Å². The van der Waals surface area contributed by atoms with Crippen LogP contribution in [-0.4, -0.2) is 27.1 Å². The summed E-state index contributed by atoms with van der Waals surface area (Å²) in [5.74, 6) is -0.206. The van der Waals surface area contributed by atoms with Gasteiger partial charge in [-0.1, -0.05) is 78.5 Å². The molecule has 5 nitrogen and oxygen atoms in total. The third-order valence-corrected chi connectivity index (χ3v) is 5.99. The van der Waals surface area contributed by atoms with Crippen LogP contribution in [0.2, 0.25) is 0 Å². The van der Waals surface area contributed by atoms with E-state index in [0.29, 0.717) is 16.3 Å². The molecule has 0 spiro atoms. The molecule has 0 aliphatic heterocycles. The Hall–Kier alpha value is -3.51. The third-order valence-electron chi connectivity index (χ3n) is 4.89. The molecule has 4 rings (SSSR count). The summed E-state index contributed by atoms with van der Waals surface area (Å²) in [6.07, 6.45) is 0. The molecule has 0 bridgehead atoms. The molecule has 154 valence electrons. The van der Waals surface area contributed by atoms with Gasteiger partial charge in [0.05, 0.1) is 5.25 Å². The van der Waals surface area contributed by atoms with E-state index in [0.717, 1.165) is 22.0 Å². The van der Waals surface area contributed by atoms with Gasteiger partial charge in [0.25, 0.3) is 0 Å². The molecule has 0 saturated carbocycles. The van der Waals surface area contributed by atoms with Gasteiger partial charge in [0.15, 0.2) is 5.78 Å². The van der Waals surface area contributed by atoms with E-state index in [1.807, 2.05) is 61.5 Å². The highest BCUT2D eigenvalue weighted by atomic mass is 32.2. The van der Waals surface area contributed by atoms with Gasteiger partial charge in [0.2, 0.25) is 5.91 Å². The first kappa shape index (κ1) is 20.8. The van der Waals surface area contributed by atoms with Crippen molar-refractivity contribution in [2.24, 2.45) is 0 Å². The number of amides is 1. The van der Waals surface area contributed by atoms with Gasteiger partial charge >= 0.3 is 0 Å². The van der Waals surface area contributed by atoms with Gasteiger partial charge in [0, 0.05) is 27.6 Å². The van der Waals surface area contributed by atoms with Crippen LogP contribution in [0.4, 0.5) is 5.69 Å². The molecule has 6 heteroatoms. The summed E-state index contributed by atoms with van der Waals surface area (Å²) in [6, 6.07) is 24.8. The van der Waals surface area contributed by atoms with Crippen LogP contribution in [0, 0.1) is 0 Å². The van der Waals surface area contributed by atoms with Crippen molar-refractivity contribution in [2.45, 2.75) is 24.1 Å². The maximum absolute atomic E-state index is 12.8. The Labute approximate surface area is 184 Å². The Balaban J connectivity index is 1.58. The lowest BCUT2D eigenvalue weighted by Gasteiger charge is -2.14. The van der Waals surface area contributed by atoms with E-state index in [4.69, 9.17) is 0 Å². The third kappa shape index (κ3) is 4.64. The lowest BCUT2D eigenvalue weighted by atomic mass is 10.1. The van der Waals surface area contributed by atoms with Crippen molar-refractivity contribution in [3.8, 4) is 11.3 Å².